The molecule has 0 aliphatic carbocycles. The first-order valence-corrected chi connectivity index (χ1v) is 13.7. The van der Waals surface area contributed by atoms with E-state index in [1.54, 1.807) is 6.08 Å². The number of nitrogens with zero attached hydrogens (tertiary/aromatic N) is 2. The van der Waals surface area contributed by atoms with Crippen LogP contribution in [0, 0.1) is 0 Å². The number of aliphatic hydroxyl groups is 2. The lowest BCUT2D eigenvalue weighted by molar-refractivity contribution is -0.137. The van der Waals surface area contributed by atoms with Crippen LogP contribution in [0.5, 0.6) is 0 Å². The van der Waals surface area contributed by atoms with Crippen LogP contribution in [0.15, 0.2) is 29.2 Å². The number of nitrogens with one attached hydrogen (secondary N) is 1. The second-order valence-corrected chi connectivity index (χ2v) is 9.89. The van der Waals surface area contributed by atoms with Crippen molar-refractivity contribution >= 4 is 83.8 Å². The van der Waals surface area contributed by atoms with E-state index in [0.717, 1.165) is 35.0 Å². The minimum atomic E-state index is -0.949. The van der Waals surface area contributed by atoms with Gasteiger partial charge in [0.25, 0.3) is 5.91 Å². The highest BCUT2D eigenvalue weighted by atomic mass is 79.9. The quantitative estimate of drug-likeness (QED) is 0.114. The fourth-order valence-electron chi connectivity index (χ4n) is 2.69. The average molecular weight is 627 g/mol. The maximum atomic E-state index is 12.4. The van der Waals surface area contributed by atoms with E-state index in [9.17, 15) is 9.59 Å². The second-order valence-electron chi connectivity index (χ2n) is 6.63. The van der Waals surface area contributed by atoms with Crippen molar-refractivity contribution in [1.82, 2.24) is 10.2 Å². The van der Waals surface area contributed by atoms with E-state index in [4.69, 9.17) is 27.5 Å². The predicted octanol–water partition coefficient (Wildman–Crippen LogP) is 2.52. The largest absolute Gasteiger partial charge is 0.481 e. The summed E-state index contributed by atoms with van der Waals surface area (Å²) in [7, 11) is 0. The molecule has 1 aliphatic rings. The summed E-state index contributed by atoms with van der Waals surface area (Å²) < 4.78 is 0.403. The number of anilines is 1. The molecule has 1 aromatic rings. The van der Waals surface area contributed by atoms with Crippen molar-refractivity contribution in [2.45, 2.75) is 6.42 Å². The van der Waals surface area contributed by atoms with Gasteiger partial charge in [-0.05, 0) is 23.8 Å². The molecule has 4 N–H and O–H groups in total. The number of aliphatic hydroxyl groups excluding tert-OH is 2. The molecule has 1 aliphatic heterocycles. The van der Waals surface area contributed by atoms with Crippen molar-refractivity contribution in [2.24, 2.45) is 0 Å². The van der Waals surface area contributed by atoms with Crippen LogP contribution in [-0.2, 0) is 9.59 Å². The summed E-state index contributed by atoms with van der Waals surface area (Å²) >= 11 is 13.3. The Labute approximate surface area is 220 Å². The number of rotatable bonds is 13. The zero-order valence-electron chi connectivity index (χ0n) is 18.1. The van der Waals surface area contributed by atoms with Gasteiger partial charge in [-0.2, -0.15) is 0 Å². The van der Waals surface area contributed by atoms with Crippen LogP contribution in [0.3, 0.4) is 0 Å². The van der Waals surface area contributed by atoms with Crippen LogP contribution in [0.4, 0.5) is 5.69 Å². The Morgan fingerprint density at radius 2 is 1.70 bits per heavy atom. The molecule has 0 unspecified atom stereocenters. The van der Waals surface area contributed by atoms with E-state index in [1.807, 2.05) is 24.3 Å². The molecule has 1 heterocycles. The first-order chi connectivity index (χ1) is 15.9. The molecule has 0 spiro atoms. The molecular weight excluding hydrogens is 598 g/mol. The molecule has 8 nitrogen and oxygen atoms in total. The molecule has 0 radical (unpaired) electrons. The number of thioether (sulfide) groups is 1. The number of hydrogen-bond donors (Lipinski definition) is 4. The summed E-state index contributed by atoms with van der Waals surface area (Å²) in [4.78, 5) is 27.3. The van der Waals surface area contributed by atoms with E-state index in [-0.39, 0.29) is 32.1 Å². The number of amides is 1. The highest BCUT2D eigenvalue weighted by Crippen LogP contribution is 2.32. The van der Waals surface area contributed by atoms with Gasteiger partial charge in [0.05, 0.1) is 24.5 Å². The Kier molecular flexibility index (Phi) is 15.8. The molecule has 0 saturated carbocycles. The first kappa shape index (κ1) is 30.0. The second kappa shape index (κ2) is 17.4. The molecule has 1 amide bonds. The lowest BCUT2D eigenvalue weighted by Crippen LogP contribution is -2.30. The van der Waals surface area contributed by atoms with Gasteiger partial charge in [0, 0.05) is 49.1 Å². The standard InChI is InChI=1S/C17H18Br2N2O3S2.C4H11NO2/c18-6-9-20(10-7-19)13-3-1-12(2-4-13)11-14-16(24)21(17(25)26-14)8-5-15(22)23;6-3-1-5-2-4-7/h1-4,11H,5-10H2,(H,22,23);5-7H,1-4H2/b14-11+;. The normalized spacial score (nSPS) is 14.4. The van der Waals surface area contributed by atoms with Crippen molar-refractivity contribution in [3.8, 4) is 0 Å². The van der Waals surface area contributed by atoms with E-state index in [2.05, 4.69) is 42.1 Å². The van der Waals surface area contributed by atoms with Gasteiger partial charge in [-0.25, -0.2) is 0 Å². The predicted molar refractivity (Wildman–Crippen MR) is 145 cm³/mol. The molecule has 0 atom stereocenters. The first-order valence-electron chi connectivity index (χ1n) is 10.2. The molecule has 12 heteroatoms. The number of thiocarbonyl (C=S) groups is 1. The fraction of sp³-hybridized carbons (Fsp3) is 0.476. The number of carbonyl (C=O) groups is 2. The van der Waals surface area contributed by atoms with Gasteiger partial charge < -0.3 is 25.5 Å². The summed E-state index contributed by atoms with van der Waals surface area (Å²) in [6, 6.07) is 7.99. The van der Waals surface area contributed by atoms with Gasteiger partial charge >= 0.3 is 5.97 Å². The number of carbonyl (C=O) groups excluding carboxylic acids is 1. The van der Waals surface area contributed by atoms with E-state index in [0.29, 0.717) is 22.3 Å². The number of benzene rings is 1. The lowest BCUT2D eigenvalue weighted by Gasteiger charge is -2.23. The molecule has 1 aromatic carbocycles. The molecule has 1 saturated heterocycles. The minimum absolute atomic E-state index is 0.102. The van der Waals surface area contributed by atoms with E-state index >= 15 is 0 Å². The Morgan fingerprint density at radius 3 is 2.18 bits per heavy atom. The Hall–Kier alpha value is -1.02. The van der Waals surface area contributed by atoms with Crippen LogP contribution in [0.2, 0.25) is 0 Å². The third-order valence-electron chi connectivity index (χ3n) is 4.26. The molecule has 1 fully saturated rings. The van der Waals surface area contributed by atoms with Crippen LogP contribution in [-0.4, -0.2) is 93.0 Å². The topological polar surface area (TPSA) is 113 Å². The summed E-state index contributed by atoms with van der Waals surface area (Å²) in [6.07, 6.45) is 1.68. The van der Waals surface area contributed by atoms with Crippen LogP contribution >= 0.6 is 55.8 Å². The molecule has 0 bridgehead atoms. The minimum Gasteiger partial charge on any atom is -0.481 e. The molecule has 184 valence electrons. The Bertz CT molecular complexity index is 787. The van der Waals surface area contributed by atoms with Crippen molar-refractivity contribution in [3.05, 3.63) is 34.7 Å². The molecule has 0 aromatic heterocycles. The van der Waals surface area contributed by atoms with Crippen molar-refractivity contribution in [1.29, 1.82) is 0 Å². The summed E-state index contributed by atoms with van der Waals surface area (Å²) in [6.45, 7) is 3.34. The summed E-state index contributed by atoms with van der Waals surface area (Å²) in [5, 5.41) is 29.6. The molecular formula is C21H29Br2N3O5S2. The van der Waals surface area contributed by atoms with Gasteiger partial charge in [-0.1, -0.05) is 68.0 Å². The van der Waals surface area contributed by atoms with Crippen molar-refractivity contribution in [2.75, 3.05) is 61.5 Å². The third kappa shape index (κ3) is 11.3. The number of aliphatic carboxylic acids is 1. The number of halogens is 2. The Morgan fingerprint density at radius 1 is 1.12 bits per heavy atom. The van der Waals surface area contributed by atoms with Gasteiger partial charge in [0.1, 0.15) is 4.32 Å². The smallest absolute Gasteiger partial charge is 0.305 e. The molecule has 2 rings (SSSR count). The average Bonchev–Trinajstić information content (AvgIpc) is 3.05. The zero-order chi connectivity index (χ0) is 24.6. The maximum Gasteiger partial charge on any atom is 0.305 e. The highest BCUT2D eigenvalue weighted by Gasteiger charge is 2.32. The SMILES string of the molecule is O=C(O)CCN1C(=O)/C(=C\c2ccc(N(CCBr)CCBr)cc2)SC1=S.OCCNCCO. The Balaban J connectivity index is 0.000000675. The number of alkyl halides is 2. The lowest BCUT2D eigenvalue weighted by atomic mass is 10.1. The zero-order valence-corrected chi connectivity index (χ0v) is 22.9. The van der Waals surface area contributed by atoms with Crippen LogP contribution in [0.1, 0.15) is 12.0 Å². The van der Waals surface area contributed by atoms with Gasteiger partial charge in [0.2, 0.25) is 0 Å². The highest BCUT2D eigenvalue weighted by molar-refractivity contribution is 9.09. The third-order valence-corrected chi connectivity index (χ3v) is 6.35. The maximum absolute atomic E-state index is 12.4. The monoisotopic (exact) mass is 625 g/mol. The van der Waals surface area contributed by atoms with Gasteiger partial charge in [-0.3, -0.25) is 14.5 Å². The number of carboxylic acids is 1. The molecule has 33 heavy (non-hydrogen) atoms. The fourth-order valence-corrected chi connectivity index (χ4v) is 4.85. The van der Waals surface area contributed by atoms with Crippen molar-refractivity contribution < 1.29 is 24.9 Å². The van der Waals surface area contributed by atoms with Crippen LogP contribution < -0.4 is 10.2 Å². The van der Waals surface area contributed by atoms with Gasteiger partial charge in [-0.15, -0.1) is 0 Å². The van der Waals surface area contributed by atoms with Crippen molar-refractivity contribution in [3.63, 3.8) is 0 Å². The summed E-state index contributed by atoms with van der Waals surface area (Å²) in [5.74, 6) is -1.18. The summed E-state index contributed by atoms with van der Waals surface area (Å²) in [5.41, 5.74) is 2.03. The van der Waals surface area contributed by atoms with E-state index in [1.165, 1.54) is 16.7 Å². The van der Waals surface area contributed by atoms with E-state index < -0.39 is 5.97 Å². The number of carboxylic acid groups (broad SMARTS) is 1. The van der Waals surface area contributed by atoms with Gasteiger partial charge in [0.15, 0.2) is 0 Å². The van der Waals surface area contributed by atoms with Crippen LogP contribution in [0.25, 0.3) is 6.08 Å². The number of hydrogen-bond acceptors (Lipinski definition) is 8.